The molecule has 1 saturated heterocycles. The van der Waals surface area contributed by atoms with Crippen LogP contribution in [0.3, 0.4) is 0 Å². The number of anilines is 1. The van der Waals surface area contributed by atoms with Crippen LogP contribution in [0.4, 0.5) is 5.82 Å². The molecule has 1 aliphatic heterocycles. The van der Waals surface area contributed by atoms with Crippen LogP contribution in [0.2, 0.25) is 0 Å². The SMILES string of the molecule is CN1CCCC(CNc2cccc(C#N)n2)C1. The predicted octanol–water partition coefficient (Wildman–Crippen LogP) is 1.71. The van der Waals surface area contributed by atoms with Crippen molar-refractivity contribution in [3.63, 3.8) is 0 Å². The van der Waals surface area contributed by atoms with Crippen molar-refractivity contribution in [3.05, 3.63) is 23.9 Å². The molecule has 17 heavy (non-hydrogen) atoms. The molecular weight excluding hydrogens is 212 g/mol. The predicted molar refractivity (Wildman–Crippen MR) is 67.7 cm³/mol. The van der Waals surface area contributed by atoms with Gasteiger partial charge in [0.15, 0.2) is 0 Å². The molecule has 1 aromatic heterocycles. The van der Waals surface area contributed by atoms with Gasteiger partial charge in [-0.1, -0.05) is 6.07 Å². The average molecular weight is 230 g/mol. The van der Waals surface area contributed by atoms with Crippen molar-refractivity contribution in [2.24, 2.45) is 5.92 Å². The summed E-state index contributed by atoms with van der Waals surface area (Å²) in [7, 11) is 2.17. The van der Waals surface area contributed by atoms with Crippen LogP contribution >= 0.6 is 0 Å². The van der Waals surface area contributed by atoms with E-state index >= 15 is 0 Å². The first-order chi connectivity index (χ1) is 8.28. The largest absolute Gasteiger partial charge is 0.370 e. The number of rotatable bonds is 3. The average Bonchev–Trinajstić information content (AvgIpc) is 2.37. The third-order valence-corrected chi connectivity index (χ3v) is 3.16. The fourth-order valence-corrected chi connectivity index (χ4v) is 2.28. The minimum absolute atomic E-state index is 0.468. The molecule has 0 aromatic carbocycles. The lowest BCUT2D eigenvalue weighted by molar-refractivity contribution is 0.217. The molecule has 1 fully saturated rings. The zero-order chi connectivity index (χ0) is 12.1. The van der Waals surface area contributed by atoms with Gasteiger partial charge in [0, 0.05) is 13.1 Å². The van der Waals surface area contributed by atoms with Crippen molar-refractivity contribution in [3.8, 4) is 6.07 Å². The number of hydrogen-bond acceptors (Lipinski definition) is 4. The number of pyridine rings is 1. The van der Waals surface area contributed by atoms with E-state index in [1.807, 2.05) is 12.1 Å². The molecule has 2 heterocycles. The Morgan fingerprint density at radius 3 is 3.24 bits per heavy atom. The molecule has 0 bridgehead atoms. The fourth-order valence-electron chi connectivity index (χ4n) is 2.28. The van der Waals surface area contributed by atoms with Crippen LogP contribution in [0.15, 0.2) is 18.2 Å². The lowest BCUT2D eigenvalue weighted by Gasteiger charge is -2.29. The van der Waals surface area contributed by atoms with E-state index in [1.54, 1.807) is 6.07 Å². The molecule has 0 radical (unpaired) electrons. The van der Waals surface area contributed by atoms with Crippen LogP contribution in [0, 0.1) is 17.2 Å². The summed E-state index contributed by atoms with van der Waals surface area (Å²) in [5.74, 6) is 1.48. The Morgan fingerprint density at radius 1 is 1.59 bits per heavy atom. The van der Waals surface area contributed by atoms with Gasteiger partial charge in [-0.2, -0.15) is 5.26 Å². The molecule has 1 atom stereocenters. The van der Waals surface area contributed by atoms with Crippen LogP contribution < -0.4 is 5.32 Å². The molecule has 4 heteroatoms. The Balaban J connectivity index is 1.87. The third-order valence-electron chi connectivity index (χ3n) is 3.16. The van der Waals surface area contributed by atoms with E-state index in [1.165, 1.54) is 19.4 Å². The standard InChI is InChI=1S/C13H18N4/c1-17-7-3-4-11(10-17)9-15-13-6-2-5-12(8-14)16-13/h2,5-6,11H,3-4,7,9-10H2,1H3,(H,15,16). The number of aromatic nitrogens is 1. The zero-order valence-electron chi connectivity index (χ0n) is 10.2. The molecule has 0 spiro atoms. The first kappa shape index (κ1) is 11.9. The number of likely N-dealkylation sites (tertiary alicyclic amines) is 1. The van der Waals surface area contributed by atoms with Crippen LogP contribution in [0.5, 0.6) is 0 Å². The second-order valence-corrected chi connectivity index (χ2v) is 4.67. The van der Waals surface area contributed by atoms with E-state index in [2.05, 4.69) is 28.3 Å². The number of nitrogens with one attached hydrogen (secondary N) is 1. The number of nitriles is 1. The topological polar surface area (TPSA) is 52.0 Å². The summed E-state index contributed by atoms with van der Waals surface area (Å²) in [4.78, 5) is 6.58. The van der Waals surface area contributed by atoms with E-state index < -0.39 is 0 Å². The van der Waals surface area contributed by atoms with Gasteiger partial charge >= 0.3 is 0 Å². The molecule has 90 valence electrons. The van der Waals surface area contributed by atoms with Gasteiger partial charge in [0.05, 0.1) is 0 Å². The zero-order valence-corrected chi connectivity index (χ0v) is 10.2. The summed E-state index contributed by atoms with van der Waals surface area (Å²) in [6, 6.07) is 7.55. The van der Waals surface area contributed by atoms with E-state index in [9.17, 15) is 0 Å². The molecule has 1 N–H and O–H groups in total. The highest BCUT2D eigenvalue weighted by molar-refractivity contribution is 5.38. The number of nitrogens with zero attached hydrogens (tertiary/aromatic N) is 3. The molecular formula is C13H18N4. The van der Waals surface area contributed by atoms with Gasteiger partial charge in [-0.05, 0) is 44.5 Å². The van der Waals surface area contributed by atoms with E-state index in [0.717, 1.165) is 18.9 Å². The Hall–Kier alpha value is -1.60. The quantitative estimate of drug-likeness (QED) is 0.858. The van der Waals surface area contributed by atoms with Crippen LogP contribution in [0.1, 0.15) is 18.5 Å². The Morgan fingerprint density at radius 2 is 2.47 bits per heavy atom. The van der Waals surface area contributed by atoms with Crippen LogP contribution in [0.25, 0.3) is 0 Å². The first-order valence-electron chi connectivity index (χ1n) is 6.07. The van der Waals surface area contributed by atoms with Crippen LogP contribution in [-0.2, 0) is 0 Å². The minimum Gasteiger partial charge on any atom is -0.370 e. The molecule has 0 aliphatic carbocycles. The highest BCUT2D eigenvalue weighted by Crippen LogP contribution is 2.15. The molecule has 2 rings (SSSR count). The van der Waals surface area contributed by atoms with Crippen LogP contribution in [-0.4, -0.2) is 36.6 Å². The lowest BCUT2D eigenvalue weighted by Crippen LogP contribution is -2.35. The van der Waals surface area contributed by atoms with Gasteiger partial charge in [-0.25, -0.2) is 4.98 Å². The van der Waals surface area contributed by atoms with Gasteiger partial charge in [-0.15, -0.1) is 0 Å². The van der Waals surface area contributed by atoms with Gasteiger partial charge in [-0.3, -0.25) is 0 Å². The summed E-state index contributed by atoms with van der Waals surface area (Å²) in [6.07, 6.45) is 2.55. The first-order valence-corrected chi connectivity index (χ1v) is 6.07. The Bertz CT molecular complexity index is 410. The third kappa shape index (κ3) is 3.43. The summed E-state index contributed by atoms with van der Waals surface area (Å²) in [5, 5.41) is 12.1. The highest BCUT2D eigenvalue weighted by Gasteiger charge is 2.16. The highest BCUT2D eigenvalue weighted by atomic mass is 15.1. The van der Waals surface area contributed by atoms with Crippen molar-refractivity contribution in [2.75, 3.05) is 32.0 Å². The number of hydrogen-bond donors (Lipinski definition) is 1. The minimum atomic E-state index is 0.468. The van der Waals surface area contributed by atoms with E-state index in [-0.39, 0.29) is 0 Å². The fraction of sp³-hybridized carbons (Fsp3) is 0.538. The second kappa shape index (κ2) is 5.65. The smallest absolute Gasteiger partial charge is 0.142 e. The molecule has 0 amide bonds. The molecule has 1 aromatic rings. The Labute approximate surface area is 102 Å². The van der Waals surface area contributed by atoms with Gasteiger partial charge < -0.3 is 10.2 Å². The van der Waals surface area contributed by atoms with Crippen molar-refractivity contribution in [2.45, 2.75) is 12.8 Å². The van der Waals surface area contributed by atoms with Gasteiger partial charge in [0.2, 0.25) is 0 Å². The summed E-state index contributed by atoms with van der Waals surface area (Å²) in [6.45, 7) is 3.29. The number of piperidine rings is 1. The normalized spacial score (nSPS) is 20.8. The molecule has 1 unspecified atom stereocenters. The van der Waals surface area contributed by atoms with Crippen molar-refractivity contribution >= 4 is 5.82 Å². The Kier molecular flexibility index (Phi) is 3.94. The maximum Gasteiger partial charge on any atom is 0.142 e. The maximum absolute atomic E-state index is 8.77. The summed E-state index contributed by atoms with van der Waals surface area (Å²) >= 11 is 0. The van der Waals surface area contributed by atoms with Crippen molar-refractivity contribution in [1.29, 1.82) is 5.26 Å². The van der Waals surface area contributed by atoms with Crippen molar-refractivity contribution < 1.29 is 0 Å². The van der Waals surface area contributed by atoms with Gasteiger partial charge in [0.25, 0.3) is 0 Å². The molecule has 4 nitrogen and oxygen atoms in total. The maximum atomic E-state index is 8.77. The van der Waals surface area contributed by atoms with E-state index in [4.69, 9.17) is 5.26 Å². The van der Waals surface area contributed by atoms with E-state index in [0.29, 0.717) is 11.6 Å². The van der Waals surface area contributed by atoms with Crippen molar-refractivity contribution in [1.82, 2.24) is 9.88 Å². The summed E-state index contributed by atoms with van der Waals surface area (Å²) < 4.78 is 0. The lowest BCUT2D eigenvalue weighted by atomic mass is 9.98. The molecule has 1 aliphatic rings. The van der Waals surface area contributed by atoms with Gasteiger partial charge in [0.1, 0.15) is 17.6 Å². The summed E-state index contributed by atoms with van der Waals surface area (Å²) in [5.41, 5.74) is 0.468. The second-order valence-electron chi connectivity index (χ2n) is 4.67. The monoisotopic (exact) mass is 230 g/mol. The molecule has 0 saturated carbocycles.